The smallest absolute Gasteiger partial charge is 0.251 e. The van der Waals surface area contributed by atoms with Gasteiger partial charge in [-0.1, -0.05) is 38.1 Å². The van der Waals surface area contributed by atoms with Crippen molar-refractivity contribution in [3.8, 4) is 0 Å². The van der Waals surface area contributed by atoms with Gasteiger partial charge in [0, 0.05) is 37.2 Å². The lowest BCUT2D eigenvalue weighted by atomic mass is 10.1. The molecule has 0 heterocycles. The van der Waals surface area contributed by atoms with Crippen molar-refractivity contribution >= 4 is 23.4 Å². The normalized spacial score (nSPS) is 10.4. The zero-order valence-electron chi connectivity index (χ0n) is 15.8. The Morgan fingerprint density at radius 2 is 1.33 bits per heavy atom. The third kappa shape index (κ3) is 6.58. The molecular weight excluding hydrogens is 342 g/mol. The van der Waals surface area contributed by atoms with Gasteiger partial charge in [0.1, 0.15) is 0 Å². The first kappa shape index (κ1) is 20.2. The lowest BCUT2D eigenvalue weighted by Crippen LogP contribution is -2.23. The van der Waals surface area contributed by atoms with Gasteiger partial charge >= 0.3 is 0 Å². The topological polar surface area (TPSA) is 87.3 Å². The maximum atomic E-state index is 12.2. The molecule has 0 aromatic heterocycles. The van der Waals surface area contributed by atoms with Crippen LogP contribution in [0.4, 0.5) is 5.69 Å². The first-order valence-corrected chi connectivity index (χ1v) is 8.86. The first-order valence-electron chi connectivity index (χ1n) is 8.86. The minimum absolute atomic E-state index is 0.0296. The predicted octanol–water partition coefficient (Wildman–Crippen LogP) is 2.85. The van der Waals surface area contributed by atoms with E-state index in [9.17, 15) is 14.4 Å². The van der Waals surface area contributed by atoms with Crippen LogP contribution in [0.1, 0.15) is 42.3 Å². The van der Waals surface area contributed by atoms with E-state index in [4.69, 9.17) is 0 Å². The Hall–Kier alpha value is -3.15. The number of amides is 3. The average molecular weight is 367 g/mol. The molecule has 0 aliphatic carbocycles. The van der Waals surface area contributed by atoms with E-state index in [-0.39, 0.29) is 23.6 Å². The highest BCUT2D eigenvalue weighted by Gasteiger charge is 2.08. The van der Waals surface area contributed by atoms with E-state index < -0.39 is 0 Å². The molecule has 6 nitrogen and oxygen atoms in total. The van der Waals surface area contributed by atoms with Crippen LogP contribution in [0.25, 0.3) is 0 Å². The maximum absolute atomic E-state index is 12.2. The van der Waals surface area contributed by atoms with E-state index in [1.807, 2.05) is 50.2 Å². The van der Waals surface area contributed by atoms with Gasteiger partial charge in [0.15, 0.2) is 0 Å². The fraction of sp³-hybridized carbons (Fsp3) is 0.286. The standard InChI is InChI=1S/C21H25N3O3/c1-14(2)20(26)24-19-10-6-17(7-11-19)13-23-21(27)18-8-4-16(5-9-18)12-22-15(3)25/h4-11,14H,12-13H2,1-3H3,(H,22,25)(H,23,27)(H,24,26). The summed E-state index contributed by atoms with van der Waals surface area (Å²) in [5.41, 5.74) is 3.16. The van der Waals surface area contributed by atoms with Gasteiger partial charge in [-0.2, -0.15) is 0 Å². The summed E-state index contributed by atoms with van der Waals surface area (Å²) < 4.78 is 0. The summed E-state index contributed by atoms with van der Waals surface area (Å²) >= 11 is 0. The van der Waals surface area contributed by atoms with Crippen molar-refractivity contribution in [3.05, 3.63) is 65.2 Å². The number of carbonyl (C=O) groups excluding carboxylic acids is 3. The van der Waals surface area contributed by atoms with Crippen LogP contribution in [-0.2, 0) is 22.7 Å². The molecule has 0 aliphatic rings. The van der Waals surface area contributed by atoms with Gasteiger partial charge in [-0.05, 0) is 35.4 Å². The molecule has 142 valence electrons. The maximum Gasteiger partial charge on any atom is 0.251 e. The molecule has 2 aromatic carbocycles. The molecule has 0 fully saturated rings. The van der Waals surface area contributed by atoms with Crippen molar-refractivity contribution in [2.45, 2.75) is 33.9 Å². The predicted molar refractivity (Wildman–Crippen MR) is 105 cm³/mol. The van der Waals surface area contributed by atoms with Gasteiger partial charge in [-0.3, -0.25) is 14.4 Å². The first-order chi connectivity index (χ1) is 12.8. The number of benzene rings is 2. The Morgan fingerprint density at radius 1 is 0.815 bits per heavy atom. The summed E-state index contributed by atoms with van der Waals surface area (Å²) in [4.78, 5) is 34.8. The van der Waals surface area contributed by atoms with Crippen LogP contribution >= 0.6 is 0 Å². The Kier molecular flexibility index (Phi) is 7.11. The highest BCUT2D eigenvalue weighted by atomic mass is 16.2. The zero-order valence-corrected chi connectivity index (χ0v) is 15.8. The van der Waals surface area contributed by atoms with Crippen molar-refractivity contribution in [2.24, 2.45) is 5.92 Å². The van der Waals surface area contributed by atoms with Gasteiger partial charge in [-0.25, -0.2) is 0 Å². The van der Waals surface area contributed by atoms with E-state index in [0.29, 0.717) is 18.7 Å². The fourth-order valence-electron chi connectivity index (χ4n) is 2.28. The van der Waals surface area contributed by atoms with Crippen LogP contribution < -0.4 is 16.0 Å². The van der Waals surface area contributed by atoms with Gasteiger partial charge in [0.2, 0.25) is 11.8 Å². The third-order valence-corrected chi connectivity index (χ3v) is 3.96. The van der Waals surface area contributed by atoms with Crippen LogP contribution in [0.15, 0.2) is 48.5 Å². The van der Waals surface area contributed by atoms with E-state index in [1.165, 1.54) is 6.92 Å². The second kappa shape index (κ2) is 9.52. The zero-order chi connectivity index (χ0) is 19.8. The highest BCUT2D eigenvalue weighted by Crippen LogP contribution is 2.11. The lowest BCUT2D eigenvalue weighted by molar-refractivity contribution is -0.119. The molecule has 0 spiro atoms. The van der Waals surface area contributed by atoms with Crippen LogP contribution in [0.5, 0.6) is 0 Å². The molecule has 0 aliphatic heterocycles. The third-order valence-electron chi connectivity index (χ3n) is 3.96. The second-order valence-electron chi connectivity index (χ2n) is 6.63. The number of carbonyl (C=O) groups is 3. The lowest BCUT2D eigenvalue weighted by Gasteiger charge is -2.09. The Morgan fingerprint density at radius 3 is 1.85 bits per heavy atom. The molecule has 3 N–H and O–H groups in total. The van der Waals surface area contributed by atoms with Crippen molar-refractivity contribution in [1.82, 2.24) is 10.6 Å². The summed E-state index contributed by atoms with van der Waals surface area (Å²) in [6.45, 7) is 5.98. The van der Waals surface area contributed by atoms with Crippen molar-refractivity contribution in [1.29, 1.82) is 0 Å². The molecule has 27 heavy (non-hydrogen) atoms. The van der Waals surface area contributed by atoms with Gasteiger partial charge in [0.05, 0.1) is 0 Å². The number of rotatable bonds is 7. The largest absolute Gasteiger partial charge is 0.352 e. The molecule has 0 saturated carbocycles. The van der Waals surface area contributed by atoms with Crippen LogP contribution in [0, 0.1) is 5.92 Å². The summed E-state index contributed by atoms with van der Waals surface area (Å²) in [5, 5.41) is 8.41. The second-order valence-corrected chi connectivity index (χ2v) is 6.63. The van der Waals surface area contributed by atoms with E-state index in [2.05, 4.69) is 16.0 Å². The van der Waals surface area contributed by atoms with Crippen LogP contribution in [-0.4, -0.2) is 17.7 Å². The van der Waals surface area contributed by atoms with Crippen molar-refractivity contribution in [2.75, 3.05) is 5.32 Å². The number of anilines is 1. The minimum atomic E-state index is -0.168. The minimum Gasteiger partial charge on any atom is -0.352 e. The molecule has 2 rings (SSSR count). The van der Waals surface area contributed by atoms with Crippen molar-refractivity contribution < 1.29 is 14.4 Å². The highest BCUT2D eigenvalue weighted by molar-refractivity contribution is 5.94. The van der Waals surface area contributed by atoms with Gasteiger partial charge in [-0.15, -0.1) is 0 Å². The molecule has 3 amide bonds. The van der Waals surface area contributed by atoms with E-state index >= 15 is 0 Å². The quantitative estimate of drug-likeness (QED) is 0.703. The molecule has 0 atom stereocenters. The van der Waals surface area contributed by atoms with Crippen molar-refractivity contribution in [3.63, 3.8) is 0 Å². The molecule has 2 aromatic rings. The van der Waals surface area contributed by atoms with E-state index in [1.54, 1.807) is 12.1 Å². The summed E-state index contributed by atoms with van der Waals surface area (Å²) in [6, 6.07) is 14.5. The average Bonchev–Trinajstić information content (AvgIpc) is 2.65. The number of hydrogen-bond acceptors (Lipinski definition) is 3. The summed E-state index contributed by atoms with van der Waals surface area (Å²) in [5.74, 6) is -0.364. The Balaban J connectivity index is 1.86. The Bertz CT molecular complexity index is 796. The summed E-state index contributed by atoms with van der Waals surface area (Å²) in [6.07, 6.45) is 0. The molecule has 6 heteroatoms. The Labute approximate surface area is 159 Å². The summed E-state index contributed by atoms with van der Waals surface area (Å²) in [7, 11) is 0. The van der Waals surface area contributed by atoms with Gasteiger partial charge < -0.3 is 16.0 Å². The fourth-order valence-corrected chi connectivity index (χ4v) is 2.28. The molecule has 0 radical (unpaired) electrons. The number of hydrogen-bond donors (Lipinski definition) is 3. The van der Waals surface area contributed by atoms with Gasteiger partial charge in [0.25, 0.3) is 5.91 Å². The molecule has 0 unspecified atom stereocenters. The molecule has 0 bridgehead atoms. The molecular formula is C21H25N3O3. The number of nitrogens with one attached hydrogen (secondary N) is 3. The monoisotopic (exact) mass is 367 g/mol. The van der Waals surface area contributed by atoms with E-state index in [0.717, 1.165) is 16.8 Å². The SMILES string of the molecule is CC(=O)NCc1ccc(C(=O)NCc2ccc(NC(=O)C(C)C)cc2)cc1. The molecule has 0 saturated heterocycles. The van der Waals surface area contributed by atoms with Crippen LogP contribution in [0.3, 0.4) is 0 Å². The van der Waals surface area contributed by atoms with Crippen LogP contribution in [0.2, 0.25) is 0 Å².